The van der Waals surface area contributed by atoms with E-state index in [0.29, 0.717) is 10.9 Å². The average molecular weight is 472 g/mol. The molecule has 0 fully saturated rings. The number of hydrogen-bond acceptors (Lipinski definition) is 5. The number of primary amides is 1. The van der Waals surface area contributed by atoms with Crippen LogP contribution in [-0.2, 0) is 15.7 Å². The molecule has 1 unspecified atom stereocenters. The first-order chi connectivity index (χ1) is 14.7. The van der Waals surface area contributed by atoms with Crippen molar-refractivity contribution in [3.05, 3.63) is 46.2 Å². The number of hydrogen-bond donors (Lipinski definition) is 4. The van der Waals surface area contributed by atoms with Crippen molar-refractivity contribution in [1.29, 1.82) is 0 Å². The molecular weight excluding hydrogens is 449 g/mol. The summed E-state index contributed by atoms with van der Waals surface area (Å²) in [6.07, 6.45) is -5.87. The fourth-order valence-electron chi connectivity index (χ4n) is 2.62. The van der Waals surface area contributed by atoms with Crippen LogP contribution in [0.3, 0.4) is 0 Å². The lowest BCUT2D eigenvalue weighted by Gasteiger charge is -2.21. The van der Waals surface area contributed by atoms with Gasteiger partial charge in [0.15, 0.2) is 0 Å². The van der Waals surface area contributed by atoms with E-state index in [9.17, 15) is 27.6 Å². The van der Waals surface area contributed by atoms with Gasteiger partial charge in [-0.05, 0) is 50.4 Å². The number of carbonyl (C=O) groups is 3. The van der Waals surface area contributed by atoms with Crippen LogP contribution >= 0.6 is 11.3 Å². The monoisotopic (exact) mass is 472 g/mol. The number of anilines is 2. The minimum absolute atomic E-state index is 0.0869. The number of rotatable bonds is 6. The fourth-order valence-corrected chi connectivity index (χ4v) is 3.40. The van der Waals surface area contributed by atoms with E-state index in [1.165, 1.54) is 11.3 Å². The number of nitrogens with two attached hydrogens (primary N) is 1. The number of carbonyl (C=O) groups excluding carboxylic acids is 3. The number of nitrogens with one attached hydrogen (secondary N) is 3. The lowest BCUT2D eigenvalue weighted by molar-refractivity contribution is -0.137. The van der Waals surface area contributed by atoms with Crippen molar-refractivity contribution in [2.75, 3.05) is 10.6 Å². The van der Waals surface area contributed by atoms with Crippen LogP contribution in [0, 0.1) is 0 Å². The Morgan fingerprint density at radius 1 is 1.09 bits per heavy atom. The summed E-state index contributed by atoms with van der Waals surface area (Å²) in [4.78, 5) is 36.6. The summed E-state index contributed by atoms with van der Waals surface area (Å²) < 4.78 is 44.6. The molecule has 0 saturated heterocycles. The van der Waals surface area contributed by atoms with Crippen LogP contribution in [0.5, 0.6) is 0 Å². The molecule has 2 rings (SSSR count). The third kappa shape index (κ3) is 7.76. The third-order valence-electron chi connectivity index (χ3n) is 3.85. The Labute approximate surface area is 186 Å². The molecular formula is C20H23F3N4O4S. The Kier molecular flexibility index (Phi) is 7.73. The van der Waals surface area contributed by atoms with Gasteiger partial charge in [0.2, 0.25) is 5.91 Å². The average Bonchev–Trinajstić information content (AvgIpc) is 3.14. The van der Waals surface area contributed by atoms with Gasteiger partial charge in [-0.3, -0.25) is 10.1 Å². The Hall–Kier alpha value is -3.28. The molecule has 0 radical (unpaired) electrons. The number of thiophene rings is 1. The van der Waals surface area contributed by atoms with Gasteiger partial charge in [-0.1, -0.05) is 6.07 Å². The van der Waals surface area contributed by atoms with Gasteiger partial charge in [0, 0.05) is 4.88 Å². The van der Waals surface area contributed by atoms with Crippen molar-refractivity contribution in [2.45, 2.75) is 45.0 Å². The zero-order valence-electron chi connectivity index (χ0n) is 17.5. The van der Waals surface area contributed by atoms with E-state index in [4.69, 9.17) is 10.5 Å². The minimum Gasteiger partial charge on any atom is -0.444 e. The molecule has 1 atom stereocenters. The Morgan fingerprint density at radius 3 is 2.31 bits per heavy atom. The fraction of sp³-hybridized carbons (Fsp3) is 0.350. The van der Waals surface area contributed by atoms with Crippen LogP contribution in [-0.4, -0.2) is 23.6 Å². The van der Waals surface area contributed by atoms with E-state index in [-0.39, 0.29) is 17.8 Å². The van der Waals surface area contributed by atoms with Crippen LogP contribution < -0.4 is 21.7 Å². The van der Waals surface area contributed by atoms with Crippen molar-refractivity contribution in [2.24, 2.45) is 5.73 Å². The van der Waals surface area contributed by atoms with Gasteiger partial charge in [0.25, 0.3) is 0 Å². The highest BCUT2D eigenvalue weighted by molar-refractivity contribution is 7.10. The molecule has 0 spiro atoms. The van der Waals surface area contributed by atoms with Crippen LogP contribution in [0.15, 0.2) is 35.7 Å². The van der Waals surface area contributed by atoms with Crippen molar-refractivity contribution in [3.8, 4) is 0 Å². The van der Waals surface area contributed by atoms with Gasteiger partial charge in [-0.15, -0.1) is 11.3 Å². The van der Waals surface area contributed by atoms with Gasteiger partial charge in [0.05, 0.1) is 29.4 Å². The van der Waals surface area contributed by atoms with Crippen LogP contribution in [0.2, 0.25) is 0 Å². The second-order valence-electron chi connectivity index (χ2n) is 7.71. The van der Waals surface area contributed by atoms with Crippen molar-refractivity contribution >= 4 is 40.7 Å². The highest BCUT2D eigenvalue weighted by Gasteiger charge is 2.32. The Morgan fingerprint density at radius 2 is 1.78 bits per heavy atom. The highest BCUT2D eigenvalue weighted by atomic mass is 32.1. The first-order valence-electron chi connectivity index (χ1n) is 9.35. The quantitative estimate of drug-likeness (QED) is 0.480. The van der Waals surface area contributed by atoms with Gasteiger partial charge in [-0.2, -0.15) is 13.2 Å². The molecule has 0 bridgehead atoms. The van der Waals surface area contributed by atoms with E-state index >= 15 is 0 Å². The van der Waals surface area contributed by atoms with E-state index in [1.807, 2.05) is 0 Å². The molecule has 1 aromatic heterocycles. The molecule has 2 aromatic rings. The molecule has 12 heteroatoms. The first kappa shape index (κ1) is 25.0. The maximum atomic E-state index is 13.2. The van der Waals surface area contributed by atoms with E-state index in [1.54, 1.807) is 38.3 Å². The molecule has 0 aliphatic rings. The molecule has 8 nitrogen and oxygen atoms in total. The first-order valence-corrected chi connectivity index (χ1v) is 10.2. The molecule has 174 valence electrons. The van der Waals surface area contributed by atoms with Gasteiger partial charge < -0.3 is 21.1 Å². The minimum atomic E-state index is -4.67. The molecule has 0 saturated carbocycles. The summed E-state index contributed by atoms with van der Waals surface area (Å²) in [5, 5.41) is 8.85. The molecule has 1 aromatic carbocycles. The highest BCUT2D eigenvalue weighted by Crippen LogP contribution is 2.34. The van der Waals surface area contributed by atoms with Crippen molar-refractivity contribution in [1.82, 2.24) is 5.32 Å². The summed E-state index contributed by atoms with van der Waals surface area (Å²) >= 11 is 1.27. The van der Waals surface area contributed by atoms with Gasteiger partial charge in [-0.25, -0.2) is 9.59 Å². The predicted molar refractivity (Wildman–Crippen MR) is 114 cm³/mol. The zero-order valence-corrected chi connectivity index (χ0v) is 18.3. The summed E-state index contributed by atoms with van der Waals surface area (Å²) in [6, 6.07) is 4.24. The number of alkyl halides is 3. The largest absolute Gasteiger partial charge is 0.444 e. The molecule has 5 N–H and O–H groups in total. The normalized spacial score (nSPS) is 12.6. The van der Waals surface area contributed by atoms with Crippen molar-refractivity contribution < 1.29 is 32.3 Å². The topological polar surface area (TPSA) is 123 Å². The van der Waals surface area contributed by atoms with E-state index in [2.05, 4.69) is 16.0 Å². The maximum Gasteiger partial charge on any atom is 0.416 e. The van der Waals surface area contributed by atoms with Gasteiger partial charge in [0.1, 0.15) is 5.60 Å². The number of benzene rings is 1. The lowest BCUT2D eigenvalue weighted by Crippen LogP contribution is -2.35. The molecule has 32 heavy (non-hydrogen) atoms. The van der Waals surface area contributed by atoms with E-state index in [0.717, 1.165) is 12.1 Å². The predicted octanol–water partition coefficient (Wildman–Crippen LogP) is 4.85. The second kappa shape index (κ2) is 9.90. The van der Waals surface area contributed by atoms with Gasteiger partial charge >= 0.3 is 18.3 Å². The molecule has 0 aliphatic carbocycles. The van der Waals surface area contributed by atoms with Crippen LogP contribution in [0.25, 0.3) is 0 Å². The SMILES string of the molecule is CC(C)(C)OC(=O)Nc1ccc(C(F)(F)F)cc1NC(=O)CC(NC(N)=O)c1cccs1. The van der Waals surface area contributed by atoms with Crippen LogP contribution in [0.1, 0.15) is 43.7 Å². The smallest absolute Gasteiger partial charge is 0.416 e. The molecule has 4 amide bonds. The summed E-state index contributed by atoms with van der Waals surface area (Å²) in [7, 11) is 0. The Balaban J connectivity index is 2.27. The number of urea groups is 1. The van der Waals surface area contributed by atoms with Crippen LogP contribution in [0.4, 0.5) is 34.1 Å². The number of halogens is 3. The summed E-state index contributed by atoms with van der Waals surface area (Å²) in [5.74, 6) is -0.705. The Bertz CT molecular complexity index is 972. The lowest BCUT2D eigenvalue weighted by atomic mass is 10.1. The third-order valence-corrected chi connectivity index (χ3v) is 4.84. The number of amides is 4. The maximum absolute atomic E-state index is 13.2. The standard InChI is InChI=1S/C20H23F3N4O4S/c1-19(2,3)31-18(30)27-12-7-6-11(20(21,22)23)9-13(12)25-16(28)10-14(26-17(24)29)15-5-4-8-32-15/h4-9,14H,10H2,1-3H3,(H,25,28)(H,27,30)(H3,24,26,29). The second-order valence-corrected chi connectivity index (χ2v) is 8.69. The molecule has 1 heterocycles. The summed E-state index contributed by atoms with van der Waals surface area (Å²) in [5.41, 5.74) is 2.94. The summed E-state index contributed by atoms with van der Waals surface area (Å²) in [6.45, 7) is 4.87. The van der Waals surface area contributed by atoms with E-state index < -0.39 is 41.4 Å². The molecule has 0 aliphatic heterocycles. The number of ether oxygens (including phenoxy) is 1. The van der Waals surface area contributed by atoms with Crippen molar-refractivity contribution in [3.63, 3.8) is 0 Å². The zero-order chi connectivity index (χ0) is 24.1.